The van der Waals surface area contributed by atoms with Gasteiger partial charge in [-0.15, -0.1) is 0 Å². The van der Waals surface area contributed by atoms with Crippen LogP contribution in [0.15, 0.2) is 52.9 Å². The van der Waals surface area contributed by atoms with Crippen LogP contribution in [0, 0.1) is 11.3 Å². The first kappa shape index (κ1) is 20.9. The van der Waals surface area contributed by atoms with Gasteiger partial charge < -0.3 is 14.8 Å². The first-order chi connectivity index (χ1) is 15.0. The van der Waals surface area contributed by atoms with Crippen molar-refractivity contribution in [3.05, 3.63) is 53.6 Å². The van der Waals surface area contributed by atoms with E-state index in [-0.39, 0.29) is 17.3 Å². The van der Waals surface area contributed by atoms with Crippen LogP contribution in [0.3, 0.4) is 0 Å². The second-order valence-electron chi connectivity index (χ2n) is 7.23. The van der Waals surface area contributed by atoms with Gasteiger partial charge in [-0.3, -0.25) is 4.79 Å². The largest absolute Gasteiger partial charge is 0.454 e. The van der Waals surface area contributed by atoms with E-state index in [0.29, 0.717) is 35.8 Å². The molecule has 1 fully saturated rings. The second-order valence-corrected chi connectivity index (χ2v) is 9.17. The predicted octanol–water partition coefficient (Wildman–Crippen LogP) is 3.14. The molecule has 1 N–H and O–H groups in total. The molecule has 2 heterocycles. The number of anilines is 1. The van der Waals surface area contributed by atoms with Crippen molar-refractivity contribution < 1.29 is 22.7 Å². The number of nitrogens with zero attached hydrogens (tertiary/aromatic N) is 2. The SMILES string of the molecule is N#C/C(=C/c1ccc2c(c1)OCO2)C(=O)Nc1cccc(S(=O)(=O)N2CCCCC2)c1. The van der Waals surface area contributed by atoms with Crippen LogP contribution in [-0.2, 0) is 14.8 Å². The molecule has 1 amide bonds. The number of fused-ring (bicyclic) bond motifs is 1. The number of hydrogen-bond donors (Lipinski definition) is 1. The zero-order valence-electron chi connectivity index (χ0n) is 16.7. The van der Waals surface area contributed by atoms with Crippen LogP contribution < -0.4 is 14.8 Å². The van der Waals surface area contributed by atoms with Crippen molar-refractivity contribution in [2.75, 3.05) is 25.2 Å². The topological polar surface area (TPSA) is 109 Å². The van der Waals surface area contributed by atoms with Crippen molar-refractivity contribution in [3.63, 3.8) is 0 Å². The minimum atomic E-state index is -3.62. The number of sulfonamides is 1. The van der Waals surface area contributed by atoms with E-state index in [0.717, 1.165) is 19.3 Å². The number of carbonyl (C=O) groups is 1. The molecule has 160 valence electrons. The lowest BCUT2D eigenvalue weighted by Crippen LogP contribution is -2.35. The van der Waals surface area contributed by atoms with Crippen molar-refractivity contribution in [2.45, 2.75) is 24.2 Å². The van der Waals surface area contributed by atoms with Gasteiger partial charge in [0.05, 0.1) is 4.90 Å². The number of rotatable bonds is 5. The van der Waals surface area contributed by atoms with E-state index in [1.165, 1.54) is 22.5 Å². The Labute approximate surface area is 180 Å². The summed E-state index contributed by atoms with van der Waals surface area (Å²) in [4.78, 5) is 12.7. The van der Waals surface area contributed by atoms with Crippen LogP contribution in [0.2, 0.25) is 0 Å². The number of ether oxygens (including phenoxy) is 2. The number of nitriles is 1. The molecule has 0 spiro atoms. The molecule has 31 heavy (non-hydrogen) atoms. The minimum absolute atomic E-state index is 0.116. The molecule has 0 bridgehead atoms. The third-order valence-corrected chi connectivity index (χ3v) is 7.01. The van der Waals surface area contributed by atoms with E-state index in [2.05, 4.69) is 5.32 Å². The lowest BCUT2D eigenvalue weighted by atomic mass is 10.1. The van der Waals surface area contributed by atoms with Gasteiger partial charge in [0.2, 0.25) is 16.8 Å². The van der Waals surface area contributed by atoms with Crippen molar-refractivity contribution in [1.29, 1.82) is 5.26 Å². The smallest absolute Gasteiger partial charge is 0.266 e. The van der Waals surface area contributed by atoms with Gasteiger partial charge in [0.15, 0.2) is 11.5 Å². The Morgan fingerprint density at radius 3 is 2.61 bits per heavy atom. The summed E-state index contributed by atoms with van der Waals surface area (Å²) in [6, 6.07) is 13.1. The summed E-state index contributed by atoms with van der Waals surface area (Å²) >= 11 is 0. The second kappa shape index (κ2) is 8.79. The number of amides is 1. The Bertz CT molecular complexity index is 1180. The zero-order chi connectivity index (χ0) is 21.8. The molecule has 0 saturated carbocycles. The number of hydrogen-bond acceptors (Lipinski definition) is 6. The molecular weight excluding hydrogens is 418 g/mol. The van der Waals surface area contributed by atoms with Crippen LogP contribution in [0.1, 0.15) is 24.8 Å². The van der Waals surface area contributed by atoms with Gasteiger partial charge in [0.25, 0.3) is 5.91 Å². The summed E-state index contributed by atoms with van der Waals surface area (Å²) in [5, 5.41) is 12.1. The maximum Gasteiger partial charge on any atom is 0.266 e. The number of benzene rings is 2. The number of carbonyl (C=O) groups excluding carboxylic acids is 1. The molecule has 9 heteroatoms. The zero-order valence-corrected chi connectivity index (χ0v) is 17.5. The molecule has 0 aliphatic carbocycles. The van der Waals surface area contributed by atoms with E-state index in [9.17, 15) is 18.5 Å². The molecule has 0 radical (unpaired) electrons. The van der Waals surface area contributed by atoms with E-state index in [1.54, 1.807) is 30.3 Å². The van der Waals surface area contributed by atoms with Crippen LogP contribution in [-0.4, -0.2) is 38.5 Å². The maximum absolute atomic E-state index is 12.9. The van der Waals surface area contributed by atoms with Crippen LogP contribution >= 0.6 is 0 Å². The van der Waals surface area contributed by atoms with E-state index < -0.39 is 15.9 Å². The third-order valence-electron chi connectivity index (χ3n) is 5.12. The van der Waals surface area contributed by atoms with Gasteiger partial charge in [-0.05, 0) is 54.8 Å². The Balaban J connectivity index is 1.52. The molecule has 2 aromatic rings. The first-order valence-electron chi connectivity index (χ1n) is 9.90. The normalized spacial score (nSPS) is 16.5. The Morgan fingerprint density at radius 2 is 1.84 bits per heavy atom. The molecule has 4 rings (SSSR count). The van der Waals surface area contributed by atoms with Crippen molar-refractivity contribution in [2.24, 2.45) is 0 Å². The van der Waals surface area contributed by atoms with Crippen molar-refractivity contribution in [3.8, 4) is 17.6 Å². The molecule has 0 atom stereocenters. The average molecular weight is 439 g/mol. The molecule has 1 saturated heterocycles. The Morgan fingerprint density at radius 1 is 1.06 bits per heavy atom. The van der Waals surface area contributed by atoms with Gasteiger partial charge in [0, 0.05) is 18.8 Å². The lowest BCUT2D eigenvalue weighted by Gasteiger charge is -2.26. The average Bonchev–Trinajstić information content (AvgIpc) is 3.26. The number of nitrogens with one attached hydrogen (secondary N) is 1. The summed E-state index contributed by atoms with van der Waals surface area (Å²) in [6.45, 7) is 1.12. The summed E-state index contributed by atoms with van der Waals surface area (Å²) in [5.74, 6) is 0.515. The van der Waals surface area contributed by atoms with Crippen LogP contribution in [0.4, 0.5) is 5.69 Å². The molecule has 2 aromatic carbocycles. The van der Waals surface area contributed by atoms with Crippen molar-refractivity contribution in [1.82, 2.24) is 4.31 Å². The minimum Gasteiger partial charge on any atom is -0.454 e. The maximum atomic E-state index is 12.9. The molecule has 2 aliphatic heterocycles. The van der Waals surface area contributed by atoms with Gasteiger partial charge in [-0.2, -0.15) is 9.57 Å². The molecular formula is C22H21N3O5S. The van der Waals surface area contributed by atoms with Gasteiger partial charge in [0.1, 0.15) is 11.6 Å². The molecule has 2 aliphatic rings. The quantitative estimate of drug-likeness (QED) is 0.566. The monoisotopic (exact) mass is 439 g/mol. The summed E-state index contributed by atoms with van der Waals surface area (Å²) in [5.41, 5.74) is 0.787. The van der Waals surface area contributed by atoms with E-state index >= 15 is 0 Å². The number of piperidine rings is 1. The van der Waals surface area contributed by atoms with E-state index in [1.807, 2.05) is 6.07 Å². The highest BCUT2D eigenvalue weighted by Gasteiger charge is 2.26. The third kappa shape index (κ3) is 4.55. The van der Waals surface area contributed by atoms with Gasteiger partial charge in [-0.1, -0.05) is 18.6 Å². The highest BCUT2D eigenvalue weighted by atomic mass is 32.2. The summed E-state index contributed by atoms with van der Waals surface area (Å²) in [6.07, 6.45) is 4.14. The Hall–Kier alpha value is -3.35. The lowest BCUT2D eigenvalue weighted by molar-refractivity contribution is -0.112. The summed E-state index contributed by atoms with van der Waals surface area (Å²) < 4.78 is 37.8. The fourth-order valence-corrected chi connectivity index (χ4v) is 5.07. The van der Waals surface area contributed by atoms with Crippen LogP contribution in [0.25, 0.3) is 6.08 Å². The fourth-order valence-electron chi connectivity index (χ4n) is 3.51. The molecule has 0 unspecified atom stereocenters. The van der Waals surface area contributed by atoms with Crippen molar-refractivity contribution >= 4 is 27.7 Å². The van der Waals surface area contributed by atoms with Crippen LogP contribution in [0.5, 0.6) is 11.5 Å². The highest BCUT2D eigenvalue weighted by Crippen LogP contribution is 2.33. The van der Waals surface area contributed by atoms with E-state index in [4.69, 9.17) is 9.47 Å². The summed E-state index contributed by atoms with van der Waals surface area (Å²) in [7, 11) is -3.62. The van der Waals surface area contributed by atoms with Gasteiger partial charge in [-0.25, -0.2) is 8.42 Å². The molecule has 8 nitrogen and oxygen atoms in total. The highest BCUT2D eigenvalue weighted by molar-refractivity contribution is 7.89. The molecule has 0 aromatic heterocycles. The standard InChI is InChI=1S/C22H21N3O5S/c23-14-17(11-16-7-8-20-21(12-16)30-15-29-20)22(26)24-18-5-4-6-19(13-18)31(27,28)25-9-2-1-3-10-25/h4-8,11-13H,1-3,9-10,15H2,(H,24,26)/b17-11-. The first-order valence-corrected chi connectivity index (χ1v) is 11.3. The fraction of sp³-hybridized carbons (Fsp3) is 0.273. The Kier molecular flexibility index (Phi) is 5.93. The van der Waals surface area contributed by atoms with Gasteiger partial charge >= 0.3 is 0 Å². The predicted molar refractivity (Wildman–Crippen MR) is 114 cm³/mol.